The van der Waals surface area contributed by atoms with Crippen molar-refractivity contribution in [1.82, 2.24) is 9.10 Å². The van der Waals surface area contributed by atoms with Crippen LogP contribution in [0.25, 0.3) is 0 Å². The zero-order chi connectivity index (χ0) is 14.8. The summed E-state index contributed by atoms with van der Waals surface area (Å²) in [7, 11) is -3.82. The molecule has 2 heterocycles. The molecule has 0 aliphatic carbocycles. The zero-order valence-corrected chi connectivity index (χ0v) is 12.1. The van der Waals surface area contributed by atoms with Crippen molar-refractivity contribution in [3.8, 4) is 0 Å². The monoisotopic (exact) mass is 316 g/mol. The summed E-state index contributed by atoms with van der Waals surface area (Å²) in [5, 5.41) is 8.85. The van der Waals surface area contributed by atoms with E-state index in [-0.39, 0.29) is 29.4 Å². The number of carboxylic acids is 1. The topological polar surface area (TPSA) is 109 Å². The van der Waals surface area contributed by atoms with Gasteiger partial charge in [0.1, 0.15) is 10.7 Å². The third-order valence-corrected chi connectivity index (χ3v) is 4.71. The fourth-order valence-corrected chi connectivity index (χ4v) is 3.42. The highest BCUT2D eigenvalue weighted by molar-refractivity contribution is 7.89. The molecule has 0 aromatic carbocycles. The van der Waals surface area contributed by atoms with Crippen molar-refractivity contribution in [3.05, 3.63) is 34.7 Å². The molecule has 0 unspecified atom stereocenters. The summed E-state index contributed by atoms with van der Waals surface area (Å²) in [6.45, 7) is 1.79. The van der Waals surface area contributed by atoms with E-state index in [2.05, 4.69) is 9.10 Å². The Bertz CT molecular complexity index is 703. The molecule has 0 spiro atoms. The van der Waals surface area contributed by atoms with Gasteiger partial charge in [0.25, 0.3) is 0 Å². The predicted octanol–water partition coefficient (Wildman–Crippen LogP) is 1.48. The third-order valence-electron chi connectivity index (χ3n) is 2.52. The Balaban J connectivity index is 2.26. The second kappa shape index (κ2) is 5.73. The number of carboxylic acid groups (broad SMARTS) is 1. The van der Waals surface area contributed by atoms with Crippen LogP contribution in [0, 0.1) is 0 Å². The number of hydrogen-bond donors (Lipinski definition) is 2. The minimum atomic E-state index is -3.82. The summed E-state index contributed by atoms with van der Waals surface area (Å²) in [5.41, 5.74) is 0. The fourth-order valence-electron chi connectivity index (χ4n) is 1.57. The lowest BCUT2D eigenvalue weighted by Crippen LogP contribution is -2.23. The van der Waals surface area contributed by atoms with Crippen LogP contribution in [-0.4, -0.2) is 23.9 Å². The van der Waals surface area contributed by atoms with Crippen molar-refractivity contribution in [3.63, 3.8) is 0 Å². The lowest BCUT2D eigenvalue weighted by atomic mass is 10.3. The van der Waals surface area contributed by atoms with Gasteiger partial charge in [-0.05, 0) is 17.6 Å². The smallest absolute Gasteiger partial charge is 0.371 e. The van der Waals surface area contributed by atoms with Gasteiger partial charge in [0, 0.05) is 30.1 Å². The Labute approximate surface area is 119 Å². The first kappa shape index (κ1) is 14.7. The van der Waals surface area contributed by atoms with Crippen LogP contribution >= 0.6 is 11.5 Å². The lowest BCUT2D eigenvalue weighted by Gasteiger charge is -2.04. The van der Waals surface area contributed by atoms with E-state index in [9.17, 15) is 13.2 Å². The molecule has 2 N–H and O–H groups in total. The molecule has 0 saturated carbocycles. The minimum absolute atomic E-state index is 0.101. The number of sulfonamides is 1. The molecule has 2 aromatic rings. The Morgan fingerprint density at radius 1 is 1.55 bits per heavy atom. The minimum Gasteiger partial charge on any atom is -0.475 e. The second-order valence-electron chi connectivity index (χ2n) is 3.86. The van der Waals surface area contributed by atoms with Crippen molar-refractivity contribution in [2.24, 2.45) is 0 Å². The maximum Gasteiger partial charge on any atom is 0.371 e. The summed E-state index contributed by atoms with van der Waals surface area (Å²) in [4.78, 5) is 11.5. The van der Waals surface area contributed by atoms with Crippen LogP contribution in [0.3, 0.4) is 0 Å². The molecule has 0 amide bonds. The molecular weight excluding hydrogens is 304 g/mol. The third kappa shape index (κ3) is 3.06. The number of aromatic nitrogens is 1. The van der Waals surface area contributed by atoms with Gasteiger partial charge in [-0.25, -0.2) is 22.3 Å². The first-order valence-electron chi connectivity index (χ1n) is 5.69. The van der Waals surface area contributed by atoms with Crippen molar-refractivity contribution in [2.75, 3.05) is 0 Å². The normalized spacial score (nSPS) is 11.7. The van der Waals surface area contributed by atoms with Gasteiger partial charge in [0.05, 0.1) is 0 Å². The number of hydrogen-bond acceptors (Lipinski definition) is 6. The van der Waals surface area contributed by atoms with Crippen LogP contribution in [0.5, 0.6) is 0 Å². The molecular formula is C11H12N2O5S2. The van der Waals surface area contributed by atoms with Crippen LogP contribution in [0.4, 0.5) is 0 Å². The molecule has 0 radical (unpaired) electrons. The zero-order valence-electron chi connectivity index (χ0n) is 10.5. The number of nitrogens with one attached hydrogen (secondary N) is 1. The molecule has 108 valence electrons. The molecule has 20 heavy (non-hydrogen) atoms. The van der Waals surface area contributed by atoms with Gasteiger partial charge < -0.3 is 9.52 Å². The average Bonchev–Trinajstić information content (AvgIpc) is 3.05. The Hall–Kier alpha value is -1.71. The maximum atomic E-state index is 12.2. The number of furan rings is 1. The van der Waals surface area contributed by atoms with Gasteiger partial charge in [0.2, 0.25) is 15.8 Å². The van der Waals surface area contributed by atoms with Crippen LogP contribution in [-0.2, 0) is 23.0 Å². The molecule has 0 atom stereocenters. The lowest BCUT2D eigenvalue weighted by molar-refractivity contribution is 0.0660. The Morgan fingerprint density at radius 3 is 2.85 bits per heavy atom. The van der Waals surface area contributed by atoms with Gasteiger partial charge in [-0.15, -0.1) is 0 Å². The van der Waals surface area contributed by atoms with E-state index in [1.54, 1.807) is 19.2 Å². The van der Waals surface area contributed by atoms with E-state index in [0.717, 1.165) is 10.9 Å². The van der Waals surface area contributed by atoms with Gasteiger partial charge >= 0.3 is 5.97 Å². The average molecular weight is 316 g/mol. The van der Waals surface area contributed by atoms with Crippen LogP contribution < -0.4 is 4.72 Å². The number of nitrogens with zero attached hydrogens (tertiary/aromatic N) is 1. The Kier molecular flexibility index (Phi) is 4.21. The van der Waals surface area contributed by atoms with Crippen LogP contribution in [0.1, 0.15) is 28.1 Å². The SMILES string of the molecule is CCc1oc(C(=O)O)cc1S(=O)(=O)NCc1ccns1. The van der Waals surface area contributed by atoms with E-state index in [4.69, 9.17) is 9.52 Å². The van der Waals surface area contributed by atoms with Gasteiger partial charge in [0.15, 0.2) is 0 Å². The van der Waals surface area contributed by atoms with Gasteiger partial charge in [-0.1, -0.05) is 6.92 Å². The van der Waals surface area contributed by atoms with Crippen molar-refractivity contribution < 1.29 is 22.7 Å². The molecule has 2 aromatic heterocycles. The Morgan fingerprint density at radius 2 is 2.30 bits per heavy atom. The summed E-state index contributed by atoms with van der Waals surface area (Å²) >= 11 is 1.18. The fraction of sp³-hybridized carbons (Fsp3) is 0.273. The maximum absolute atomic E-state index is 12.2. The highest BCUT2D eigenvalue weighted by Crippen LogP contribution is 2.22. The standard InChI is InChI=1S/C11H12N2O5S2/c1-2-8-10(5-9(18-8)11(14)15)20(16,17)13-6-7-3-4-12-19-7/h3-5,13H,2,6H2,1H3,(H,14,15). The van der Waals surface area contributed by atoms with E-state index < -0.39 is 16.0 Å². The molecule has 0 fully saturated rings. The number of rotatable bonds is 6. The van der Waals surface area contributed by atoms with Crippen molar-refractivity contribution in [2.45, 2.75) is 24.8 Å². The van der Waals surface area contributed by atoms with Gasteiger partial charge in [-0.3, -0.25) is 0 Å². The predicted molar refractivity (Wildman–Crippen MR) is 71.2 cm³/mol. The second-order valence-corrected chi connectivity index (χ2v) is 6.51. The molecule has 9 heteroatoms. The molecule has 0 bridgehead atoms. The molecule has 0 aliphatic rings. The quantitative estimate of drug-likeness (QED) is 0.835. The number of carbonyl (C=O) groups is 1. The van der Waals surface area contributed by atoms with Crippen LogP contribution in [0.2, 0.25) is 0 Å². The molecule has 0 aliphatic heterocycles. The summed E-state index contributed by atoms with van der Waals surface area (Å²) in [6.07, 6.45) is 1.86. The molecule has 0 saturated heterocycles. The van der Waals surface area contributed by atoms with E-state index >= 15 is 0 Å². The summed E-state index contributed by atoms with van der Waals surface area (Å²) in [5.74, 6) is -1.57. The molecule has 2 rings (SSSR count). The number of aryl methyl sites for hydroxylation is 1. The molecule has 7 nitrogen and oxygen atoms in total. The number of aromatic carboxylic acids is 1. The highest BCUT2D eigenvalue weighted by Gasteiger charge is 2.24. The van der Waals surface area contributed by atoms with Gasteiger partial charge in [-0.2, -0.15) is 0 Å². The van der Waals surface area contributed by atoms with Crippen LogP contribution in [0.15, 0.2) is 27.6 Å². The van der Waals surface area contributed by atoms with Crippen molar-refractivity contribution >= 4 is 27.5 Å². The first-order chi connectivity index (χ1) is 9.44. The largest absolute Gasteiger partial charge is 0.475 e. The summed E-state index contributed by atoms with van der Waals surface area (Å²) in [6, 6.07) is 2.72. The van der Waals surface area contributed by atoms with E-state index in [0.29, 0.717) is 0 Å². The van der Waals surface area contributed by atoms with E-state index in [1.165, 1.54) is 11.5 Å². The first-order valence-corrected chi connectivity index (χ1v) is 7.95. The van der Waals surface area contributed by atoms with Crippen molar-refractivity contribution in [1.29, 1.82) is 0 Å². The summed E-state index contributed by atoms with van der Waals surface area (Å²) < 4.78 is 35.6. The van der Waals surface area contributed by atoms with E-state index in [1.807, 2.05) is 0 Å². The highest BCUT2D eigenvalue weighted by atomic mass is 32.2.